The number of carbonyl (C=O) groups is 1. The van der Waals surface area contributed by atoms with Crippen LogP contribution in [0.1, 0.15) is 72.6 Å². The fourth-order valence-electron chi connectivity index (χ4n) is 3.56. The lowest BCUT2D eigenvalue weighted by atomic mass is 9.82. The Labute approximate surface area is 142 Å². The molecule has 0 saturated heterocycles. The molecule has 2 fully saturated rings. The van der Waals surface area contributed by atoms with Gasteiger partial charge >= 0.3 is 6.09 Å². The second-order valence-corrected chi connectivity index (χ2v) is 8.60. The molecule has 2 aliphatic rings. The molecule has 2 aliphatic carbocycles. The Morgan fingerprint density at radius 3 is 2.57 bits per heavy atom. The number of nitrogens with one attached hydrogen (secondary N) is 1. The SMILES string of the molecule is CC1CCCC(CNCCCN(C(=O)OC(C)(C)C)C2CC2)C1. The summed E-state index contributed by atoms with van der Waals surface area (Å²) in [7, 11) is 0. The van der Waals surface area contributed by atoms with E-state index in [-0.39, 0.29) is 6.09 Å². The van der Waals surface area contributed by atoms with Crippen molar-refractivity contribution in [3.8, 4) is 0 Å². The van der Waals surface area contributed by atoms with Crippen LogP contribution in [-0.2, 0) is 4.74 Å². The fraction of sp³-hybridized carbons (Fsp3) is 0.947. The first-order valence-corrected chi connectivity index (χ1v) is 9.55. The van der Waals surface area contributed by atoms with Crippen molar-refractivity contribution < 1.29 is 9.53 Å². The first kappa shape index (κ1) is 18.6. The Kier molecular flexibility index (Phi) is 6.75. The van der Waals surface area contributed by atoms with Crippen LogP contribution in [0.5, 0.6) is 0 Å². The maximum Gasteiger partial charge on any atom is 0.410 e. The average Bonchev–Trinajstić information content (AvgIpc) is 3.25. The van der Waals surface area contributed by atoms with E-state index >= 15 is 0 Å². The van der Waals surface area contributed by atoms with Crippen LogP contribution in [0.25, 0.3) is 0 Å². The van der Waals surface area contributed by atoms with Crippen LogP contribution in [0.2, 0.25) is 0 Å². The highest BCUT2D eigenvalue weighted by atomic mass is 16.6. The van der Waals surface area contributed by atoms with Crippen LogP contribution >= 0.6 is 0 Å². The number of hydrogen-bond acceptors (Lipinski definition) is 3. The van der Waals surface area contributed by atoms with Crippen molar-refractivity contribution in [1.29, 1.82) is 0 Å². The van der Waals surface area contributed by atoms with Crippen LogP contribution in [0.3, 0.4) is 0 Å². The quantitative estimate of drug-likeness (QED) is 0.714. The summed E-state index contributed by atoms with van der Waals surface area (Å²) in [6.07, 6.45) is 8.69. The molecule has 4 nitrogen and oxygen atoms in total. The molecule has 23 heavy (non-hydrogen) atoms. The standard InChI is InChI=1S/C19H36N2O2/c1-15-7-5-8-16(13-15)14-20-11-6-12-21(17-9-10-17)18(22)23-19(2,3)4/h15-17,20H,5-14H2,1-4H3. The molecule has 2 unspecified atom stereocenters. The Balaban J connectivity index is 1.62. The van der Waals surface area contributed by atoms with Gasteiger partial charge < -0.3 is 15.0 Å². The molecule has 2 saturated carbocycles. The van der Waals surface area contributed by atoms with Crippen LogP contribution in [0, 0.1) is 11.8 Å². The molecule has 0 bridgehead atoms. The fourth-order valence-corrected chi connectivity index (χ4v) is 3.56. The number of nitrogens with zero attached hydrogens (tertiary/aromatic N) is 1. The van der Waals surface area contributed by atoms with E-state index < -0.39 is 5.60 Å². The largest absolute Gasteiger partial charge is 0.444 e. The van der Waals surface area contributed by atoms with Gasteiger partial charge in [-0.05, 0) is 77.8 Å². The number of ether oxygens (including phenoxy) is 1. The maximum atomic E-state index is 12.3. The predicted octanol–water partition coefficient (Wildman–Crippen LogP) is 4.19. The van der Waals surface area contributed by atoms with Gasteiger partial charge in [0.05, 0.1) is 0 Å². The lowest BCUT2D eigenvalue weighted by molar-refractivity contribution is 0.0232. The van der Waals surface area contributed by atoms with Gasteiger partial charge in [0.2, 0.25) is 0 Å². The van der Waals surface area contributed by atoms with Gasteiger partial charge in [-0.25, -0.2) is 4.79 Å². The maximum absolute atomic E-state index is 12.3. The van der Waals surface area contributed by atoms with Gasteiger partial charge in [-0.2, -0.15) is 0 Å². The second kappa shape index (κ2) is 8.36. The molecule has 0 aromatic carbocycles. The van der Waals surface area contributed by atoms with Gasteiger partial charge in [0.1, 0.15) is 5.60 Å². The lowest BCUT2D eigenvalue weighted by Crippen LogP contribution is -2.39. The minimum Gasteiger partial charge on any atom is -0.444 e. The van der Waals surface area contributed by atoms with E-state index in [0.29, 0.717) is 6.04 Å². The molecule has 2 rings (SSSR count). The van der Waals surface area contributed by atoms with Crippen LogP contribution in [-0.4, -0.2) is 42.3 Å². The third-order valence-electron chi connectivity index (χ3n) is 4.85. The topological polar surface area (TPSA) is 41.6 Å². The van der Waals surface area contributed by atoms with Crippen molar-refractivity contribution in [2.24, 2.45) is 11.8 Å². The minimum atomic E-state index is -0.403. The van der Waals surface area contributed by atoms with Crippen molar-refractivity contribution in [2.75, 3.05) is 19.6 Å². The highest BCUT2D eigenvalue weighted by molar-refractivity contribution is 5.69. The van der Waals surface area contributed by atoms with E-state index in [2.05, 4.69) is 12.2 Å². The normalized spacial score (nSPS) is 25.2. The average molecular weight is 325 g/mol. The molecule has 0 radical (unpaired) electrons. The lowest BCUT2D eigenvalue weighted by Gasteiger charge is -2.28. The van der Waals surface area contributed by atoms with E-state index in [1.807, 2.05) is 25.7 Å². The minimum absolute atomic E-state index is 0.138. The van der Waals surface area contributed by atoms with Crippen LogP contribution in [0.4, 0.5) is 4.79 Å². The summed E-state index contributed by atoms with van der Waals surface area (Å²) < 4.78 is 5.53. The first-order valence-electron chi connectivity index (χ1n) is 9.55. The van der Waals surface area contributed by atoms with Crippen molar-refractivity contribution in [2.45, 2.75) is 84.3 Å². The Morgan fingerprint density at radius 2 is 1.96 bits per heavy atom. The summed E-state index contributed by atoms with van der Waals surface area (Å²) in [5, 5.41) is 3.60. The molecule has 0 aromatic rings. The third-order valence-corrected chi connectivity index (χ3v) is 4.85. The second-order valence-electron chi connectivity index (χ2n) is 8.60. The smallest absolute Gasteiger partial charge is 0.410 e. The number of hydrogen-bond donors (Lipinski definition) is 1. The van der Waals surface area contributed by atoms with E-state index in [4.69, 9.17) is 4.74 Å². The van der Waals surface area contributed by atoms with E-state index in [1.165, 1.54) is 25.7 Å². The third kappa shape index (κ3) is 7.11. The summed E-state index contributed by atoms with van der Waals surface area (Å²) in [5.41, 5.74) is -0.403. The van der Waals surface area contributed by atoms with Crippen molar-refractivity contribution >= 4 is 6.09 Å². The molecule has 1 amide bonds. The summed E-state index contributed by atoms with van der Waals surface area (Å²) in [5.74, 6) is 1.75. The molecule has 0 aromatic heterocycles. The Morgan fingerprint density at radius 1 is 1.22 bits per heavy atom. The van der Waals surface area contributed by atoms with Crippen molar-refractivity contribution in [1.82, 2.24) is 10.2 Å². The molecule has 1 N–H and O–H groups in total. The van der Waals surface area contributed by atoms with E-state index in [9.17, 15) is 4.79 Å². The molecule has 0 aliphatic heterocycles. The summed E-state index contributed by atoms with van der Waals surface area (Å²) in [4.78, 5) is 14.2. The van der Waals surface area contributed by atoms with E-state index in [0.717, 1.165) is 50.7 Å². The van der Waals surface area contributed by atoms with Gasteiger partial charge in [-0.15, -0.1) is 0 Å². The highest BCUT2D eigenvalue weighted by Gasteiger charge is 2.34. The van der Waals surface area contributed by atoms with Gasteiger partial charge in [0, 0.05) is 12.6 Å². The summed E-state index contributed by atoms with van der Waals surface area (Å²) in [6, 6.07) is 0.420. The van der Waals surface area contributed by atoms with Gasteiger partial charge in [0.15, 0.2) is 0 Å². The molecule has 0 heterocycles. The number of carbonyl (C=O) groups excluding carboxylic acids is 1. The summed E-state index contributed by atoms with van der Waals surface area (Å²) >= 11 is 0. The molecule has 4 heteroatoms. The Bertz CT molecular complexity index is 374. The molecule has 0 spiro atoms. The first-order chi connectivity index (χ1) is 10.8. The van der Waals surface area contributed by atoms with Crippen LogP contribution in [0.15, 0.2) is 0 Å². The highest BCUT2D eigenvalue weighted by Crippen LogP contribution is 2.29. The number of amides is 1. The van der Waals surface area contributed by atoms with Crippen molar-refractivity contribution in [3.05, 3.63) is 0 Å². The zero-order valence-corrected chi connectivity index (χ0v) is 15.6. The summed E-state index contributed by atoms with van der Waals surface area (Å²) in [6.45, 7) is 11.1. The zero-order valence-electron chi connectivity index (χ0n) is 15.6. The van der Waals surface area contributed by atoms with Crippen LogP contribution < -0.4 is 5.32 Å². The monoisotopic (exact) mass is 324 g/mol. The zero-order chi connectivity index (χ0) is 16.9. The number of rotatable bonds is 7. The Hall–Kier alpha value is -0.770. The van der Waals surface area contributed by atoms with Crippen molar-refractivity contribution in [3.63, 3.8) is 0 Å². The van der Waals surface area contributed by atoms with E-state index in [1.54, 1.807) is 0 Å². The predicted molar refractivity (Wildman–Crippen MR) is 94.6 cm³/mol. The molecular weight excluding hydrogens is 288 g/mol. The molecular formula is C19H36N2O2. The molecule has 134 valence electrons. The van der Waals surface area contributed by atoms with Gasteiger partial charge in [-0.3, -0.25) is 0 Å². The molecule has 2 atom stereocenters. The van der Waals surface area contributed by atoms with Gasteiger partial charge in [0.25, 0.3) is 0 Å². The van der Waals surface area contributed by atoms with Gasteiger partial charge in [-0.1, -0.05) is 19.8 Å².